The van der Waals surface area contributed by atoms with Crippen LogP contribution in [0, 0.1) is 18.3 Å². The van der Waals surface area contributed by atoms with E-state index in [2.05, 4.69) is 37.0 Å². The Morgan fingerprint density at radius 2 is 1.76 bits per heavy atom. The zero-order valence-electron chi connectivity index (χ0n) is 23.2. The zero-order valence-corrected chi connectivity index (χ0v) is 23.2. The molecule has 41 heavy (non-hydrogen) atoms. The highest BCUT2D eigenvalue weighted by molar-refractivity contribution is 6.02. The first-order valence-electron chi connectivity index (χ1n) is 13.0. The van der Waals surface area contributed by atoms with Crippen LogP contribution in [-0.2, 0) is 5.54 Å². The Bertz CT molecular complexity index is 1730. The molecule has 0 aliphatic carbocycles. The molecule has 2 amide bonds. The molecule has 0 radical (unpaired) electrons. The summed E-state index contributed by atoms with van der Waals surface area (Å²) in [6.07, 6.45) is 6.96. The third-order valence-corrected chi connectivity index (χ3v) is 6.29. The second kappa shape index (κ2) is 11.3. The van der Waals surface area contributed by atoms with Gasteiger partial charge in [0.05, 0.1) is 28.6 Å². The lowest BCUT2D eigenvalue weighted by Crippen LogP contribution is -2.22. The van der Waals surface area contributed by atoms with Crippen molar-refractivity contribution in [3.63, 3.8) is 0 Å². The van der Waals surface area contributed by atoms with Gasteiger partial charge in [-0.05, 0) is 75.7 Å². The number of benzene rings is 2. The van der Waals surface area contributed by atoms with Gasteiger partial charge in [-0.2, -0.15) is 10.4 Å². The Hall–Kier alpha value is -5.56. The van der Waals surface area contributed by atoms with Crippen molar-refractivity contribution >= 4 is 29.0 Å². The number of nitriles is 1. The maximum absolute atomic E-state index is 13.1. The van der Waals surface area contributed by atoms with E-state index in [1.54, 1.807) is 30.7 Å². The molecule has 2 aromatic carbocycles. The fraction of sp³-hybridized carbons (Fsp3) is 0.161. The molecular weight excluding hydrogens is 514 g/mol. The average Bonchev–Trinajstić information content (AvgIpc) is 3.40. The molecule has 0 spiro atoms. The number of anilines is 4. The largest absolute Gasteiger partial charge is 0.324 e. The highest BCUT2D eigenvalue weighted by Gasteiger charge is 2.20. The van der Waals surface area contributed by atoms with Crippen LogP contribution >= 0.6 is 0 Å². The van der Waals surface area contributed by atoms with Gasteiger partial charge in [-0.25, -0.2) is 14.8 Å². The van der Waals surface area contributed by atoms with E-state index in [9.17, 15) is 4.79 Å². The standard InChI is InChI=1S/C31H29N9O/c1-20-7-12-24(16-26(20)37-29-34-15-13-25(36-29)23-6-5-14-33-18-23)35-30(41)38-27-19-40(31(2,3)4)39-28(27)22-10-8-21(17-32)9-11-22/h5-16,18-19H,1-4H3,(H,34,36,37)(H2,35,38,41). The average molecular weight is 544 g/mol. The lowest BCUT2D eigenvalue weighted by molar-refractivity contribution is 0.262. The van der Waals surface area contributed by atoms with E-state index < -0.39 is 6.03 Å². The SMILES string of the molecule is Cc1ccc(NC(=O)Nc2cn(C(C)(C)C)nc2-c2ccc(C#N)cc2)cc1Nc1nccc(-c2cccnc2)n1. The number of aryl methyl sites for hydroxylation is 1. The van der Waals surface area contributed by atoms with Crippen LogP contribution in [0.4, 0.5) is 27.8 Å². The van der Waals surface area contributed by atoms with Crippen molar-refractivity contribution in [1.82, 2.24) is 24.7 Å². The van der Waals surface area contributed by atoms with Crippen LogP contribution in [0.25, 0.3) is 22.5 Å². The van der Waals surface area contributed by atoms with Gasteiger partial charge in [0.1, 0.15) is 5.69 Å². The summed E-state index contributed by atoms with van der Waals surface area (Å²) in [5, 5.41) is 23.0. The van der Waals surface area contributed by atoms with E-state index in [1.807, 2.05) is 87.1 Å². The van der Waals surface area contributed by atoms with Gasteiger partial charge in [0, 0.05) is 47.3 Å². The van der Waals surface area contributed by atoms with Crippen LogP contribution in [0.15, 0.2) is 85.5 Å². The maximum atomic E-state index is 13.1. The molecule has 0 saturated heterocycles. The molecule has 0 saturated carbocycles. The zero-order chi connectivity index (χ0) is 29.0. The van der Waals surface area contributed by atoms with Gasteiger partial charge >= 0.3 is 6.03 Å². The van der Waals surface area contributed by atoms with E-state index in [1.165, 1.54) is 0 Å². The smallest absolute Gasteiger partial charge is 0.323 e. The Balaban J connectivity index is 1.35. The molecule has 10 heteroatoms. The monoisotopic (exact) mass is 543 g/mol. The first kappa shape index (κ1) is 27.0. The topological polar surface area (TPSA) is 133 Å². The predicted molar refractivity (Wildman–Crippen MR) is 160 cm³/mol. The van der Waals surface area contributed by atoms with Crippen molar-refractivity contribution < 1.29 is 4.79 Å². The second-order valence-electron chi connectivity index (χ2n) is 10.4. The normalized spacial score (nSPS) is 11.0. The number of carbonyl (C=O) groups is 1. The number of carbonyl (C=O) groups excluding carboxylic acids is 1. The third kappa shape index (κ3) is 6.37. The summed E-state index contributed by atoms with van der Waals surface area (Å²) in [7, 11) is 0. The van der Waals surface area contributed by atoms with Crippen molar-refractivity contribution in [3.8, 4) is 28.6 Å². The molecule has 0 aliphatic heterocycles. The summed E-state index contributed by atoms with van der Waals surface area (Å²) in [5.41, 5.74) is 6.13. The molecule has 0 fully saturated rings. The van der Waals surface area contributed by atoms with Gasteiger partial charge in [0.25, 0.3) is 0 Å². The molecule has 0 aliphatic rings. The van der Waals surface area contributed by atoms with Gasteiger partial charge < -0.3 is 16.0 Å². The van der Waals surface area contributed by atoms with Gasteiger partial charge in [0.2, 0.25) is 5.95 Å². The fourth-order valence-electron chi connectivity index (χ4n) is 4.06. The molecule has 3 heterocycles. The molecule has 0 atom stereocenters. The molecule has 3 N–H and O–H groups in total. The highest BCUT2D eigenvalue weighted by Crippen LogP contribution is 2.30. The minimum absolute atomic E-state index is 0.300. The number of urea groups is 1. The number of pyridine rings is 1. The van der Waals surface area contributed by atoms with E-state index in [0.29, 0.717) is 28.6 Å². The van der Waals surface area contributed by atoms with Gasteiger partial charge in [-0.1, -0.05) is 18.2 Å². The van der Waals surface area contributed by atoms with Crippen LogP contribution in [0.1, 0.15) is 31.9 Å². The fourth-order valence-corrected chi connectivity index (χ4v) is 4.06. The second-order valence-corrected chi connectivity index (χ2v) is 10.4. The molecule has 0 unspecified atom stereocenters. The van der Waals surface area contributed by atoms with Crippen molar-refractivity contribution in [1.29, 1.82) is 5.26 Å². The number of nitrogens with one attached hydrogen (secondary N) is 3. The van der Waals surface area contributed by atoms with E-state index in [0.717, 1.165) is 28.1 Å². The van der Waals surface area contributed by atoms with Crippen LogP contribution < -0.4 is 16.0 Å². The molecule has 10 nitrogen and oxygen atoms in total. The van der Waals surface area contributed by atoms with Crippen molar-refractivity contribution in [3.05, 3.63) is 96.6 Å². The molecule has 5 aromatic rings. The maximum Gasteiger partial charge on any atom is 0.323 e. The number of nitrogens with zero attached hydrogens (tertiary/aromatic N) is 6. The predicted octanol–water partition coefficient (Wildman–Crippen LogP) is 6.72. The number of hydrogen-bond acceptors (Lipinski definition) is 7. The van der Waals surface area contributed by atoms with Crippen LogP contribution in [0.5, 0.6) is 0 Å². The summed E-state index contributed by atoms with van der Waals surface area (Å²) in [4.78, 5) is 26.2. The lowest BCUT2D eigenvalue weighted by Gasteiger charge is -2.18. The minimum atomic E-state index is -0.419. The van der Waals surface area contributed by atoms with E-state index in [4.69, 9.17) is 10.4 Å². The number of amides is 2. The lowest BCUT2D eigenvalue weighted by atomic mass is 10.1. The number of aromatic nitrogens is 5. The molecule has 5 rings (SSSR count). The molecular formula is C31H29N9O. The number of hydrogen-bond donors (Lipinski definition) is 3. The minimum Gasteiger partial charge on any atom is -0.324 e. The Kier molecular flexibility index (Phi) is 7.43. The third-order valence-electron chi connectivity index (χ3n) is 6.29. The van der Waals surface area contributed by atoms with Crippen LogP contribution in [0.3, 0.4) is 0 Å². The van der Waals surface area contributed by atoms with E-state index >= 15 is 0 Å². The summed E-state index contributed by atoms with van der Waals surface area (Å²) in [6.45, 7) is 8.05. The molecule has 3 aromatic heterocycles. The Labute approximate surface area is 238 Å². The van der Waals surface area contributed by atoms with Crippen LogP contribution in [-0.4, -0.2) is 30.8 Å². The first-order chi connectivity index (χ1) is 19.7. The molecule has 204 valence electrons. The summed E-state index contributed by atoms with van der Waals surface area (Å²) >= 11 is 0. The van der Waals surface area contributed by atoms with Crippen molar-refractivity contribution in [2.45, 2.75) is 33.2 Å². The summed E-state index contributed by atoms with van der Waals surface area (Å²) in [5.74, 6) is 0.428. The van der Waals surface area contributed by atoms with Gasteiger partial charge in [-0.15, -0.1) is 0 Å². The summed E-state index contributed by atoms with van der Waals surface area (Å²) in [6, 6.07) is 20.0. The quantitative estimate of drug-likeness (QED) is 0.216. The number of rotatable bonds is 6. The van der Waals surface area contributed by atoms with Crippen molar-refractivity contribution in [2.24, 2.45) is 0 Å². The first-order valence-corrected chi connectivity index (χ1v) is 13.0. The van der Waals surface area contributed by atoms with Crippen molar-refractivity contribution in [2.75, 3.05) is 16.0 Å². The Morgan fingerprint density at radius 3 is 2.46 bits per heavy atom. The molecule has 0 bridgehead atoms. The van der Waals surface area contributed by atoms with Gasteiger partial charge in [0.15, 0.2) is 0 Å². The highest BCUT2D eigenvalue weighted by atomic mass is 16.2. The Morgan fingerprint density at radius 1 is 0.951 bits per heavy atom. The summed E-state index contributed by atoms with van der Waals surface area (Å²) < 4.78 is 1.81. The van der Waals surface area contributed by atoms with E-state index in [-0.39, 0.29) is 5.54 Å². The van der Waals surface area contributed by atoms with Gasteiger partial charge in [-0.3, -0.25) is 9.67 Å². The van der Waals surface area contributed by atoms with Crippen LogP contribution in [0.2, 0.25) is 0 Å².